The van der Waals surface area contributed by atoms with Crippen LogP contribution in [0.2, 0.25) is 0 Å². The lowest BCUT2D eigenvalue weighted by Crippen LogP contribution is -2.45. The molecule has 1 amide bonds. The number of nitrogens with two attached hydrogens (primary N) is 1. The van der Waals surface area contributed by atoms with Crippen molar-refractivity contribution in [3.8, 4) is 0 Å². The molecule has 0 aromatic carbocycles. The SMILES string of the molecule is CCC(C)OC(=O)CNC(=O)C(N)C(C)C. The van der Waals surface area contributed by atoms with Gasteiger partial charge in [0.2, 0.25) is 5.91 Å². The quantitative estimate of drug-likeness (QED) is 0.648. The van der Waals surface area contributed by atoms with Crippen LogP contribution in [-0.2, 0) is 14.3 Å². The van der Waals surface area contributed by atoms with E-state index in [0.29, 0.717) is 0 Å². The first kappa shape index (κ1) is 14.9. The fraction of sp³-hybridized carbons (Fsp3) is 0.818. The molecule has 0 aromatic rings. The maximum Gasteiger partial charge on any atom is 0.325 e. The second-order valence-corrected chi connectivity index (χ2v) is 4.20. The van der Waals surface area contributed by atoms with Crippen LogP contribution >= 0.6 is 0 Å². The number of rotatable bonds is 6. The smallest absolute Gasteiger partial charge is 0.325 e. The zero-order chi connectivity index (χ0) is 12.7. The molecule has 0 saturated heterocycles. The Morgan fingerprint density at radius 2 is 1.88 bits per heavy atom. The molecule has 0 saturated carbocycles. The number of amides is 1. The zero-order valence-corrected chi connectivity index (χ0v) is 10.4. The Bertz CT molecular complexity index is 241. The van der Waals surface area contributed by atoms with Crippen LogP contribution in [0.4, 0.5) is 0 Å². The molecule has 2 unspecified atom stereocenters. The van der Waals surface area contributed by atoms with Gasteiger partial charge in [-0.3, -0.25) is 9.59 Å². The normalized spacial score (nSPS) is 14.4. The maximum atomic E-state index is 11.4. The van der Waals surface area contributed by atoms with Gasteiger partial charge in [0.05, 0.1) is 12.1 Å². The third-order valence-electron chi connectivity index (χ3n) is 2.34. The number of carbonyl (C=O) groups excluding carboxylic acids is 2. The Hall–Kier alpha value is -1.10. The van der Waals surface area contributed by atoms with Gasteiger partial charge in [-0.15, -0.1) is 0 Å². The molecular formula is C11H22N2O3. The van der Waals surface area contributed by atoms with E-state index in [4.69, 9.17) is 10.5 Å². The molecule has 94 valence electrons. The molecule has 0 heterocycles. The maximum absolute atomic E-state index is 11.4. The van der Waals surface area contributed by atoms with Crippen molar-refractivity contribution in [2.24, 2.45) is 11.7 Å². The van der Waals surface area contributed by atoms with Crippen LogP contribution in [0.25, 0.3) is 0 Å². The summed E-state index contributed by atoms with van der Waals surface area (Å²) in [6.45, 7) is 7.30. The van der Waals surface area contributed by atoms with Gasteiger partial charge in [0, 0.05) is 0 Å². The monoisotopic (exact) mass is 230 g/mol. The van der Waals surface area contributed by atoms with Crippen molar-refractivity contribution < 1.29 is 14.3 Å². The van der Waals surface area contributed by atoms with Gasteiger partial charge in [-0.25, -0.2) is 0 Å². The van der Waals surface area contributed by atoms with Crippen molar-refractivity contribution in [2.75, 3.05) is 6.54 Å². The van der Waals surface area contributed by atoms with Crippen LogP contribution in [0, 0.1) is 5.92 Å². The summed E-state index contributed by atoms with van der Waals surface area (Å²) in [5, 5.41) is 2.45. The van der Waals surface area contributed by atoms with Gasteiger partial charge in [-0.1, -0.05) is 20.8 Å². The average molecular weight is 230 g/mol. The fourth-order valence-electron chi connectivity index (χ4n) is 0.929. The molecule has 0 bridgehead atoms. The van der Waals surface area contributed by atoms with Crippen molar-refractivity contribution in [1.82, 2.24) is 5.32 Å². The van der Waals surface area contributed by atoms with Crippen LogP contribution in [-0.4, -0.2) is 30.6 Å². The molecular weight excluding hydrogens is 208 g/mol. The fourth-order valence-corrected chi connectivity index (χ4v) is 0.929. The third-order valence-corrected chi connectivity index (χ3v) is 2.34. The van der Waals surface area contributed by atoms with Gasteiger partial charge >= 0.3 is 5.97 Å². The molecule has 0 fully saturated rings. The largest absolute Gasteiger partial charge is 0.461 e. The van der Waals surface area contributed by atoms with Crippen LogP contribution in [0.5, 0.6) is 0 Å². The van der Waals surface area contributed by atoms with Crippen molar-refractivity contribution in [1.29, 1.82) is 0 Å². The number of carbonyl (C=O) groups is 2. The van der Waals surface area contributed by atoms with Crippen molar-refractivity contribution >= 4 is 11.9 Å². The summed E-state index contributed by atoms with van der Waals surface area (Å²) in [5.74, 6) is -0.708. The second kappa shape index (κ2) is 7.22. The van der Waals surface area contributed by atoms with E-state index in [1.54, 1.807) is 6.92 Å². The van der Waals surface area contributed by atoms with Gasteiger partial charge in [0.25, 0.3) is 0 Å². The minimum Gasteiger partial charge on any atom is -0.461 e. The van der Waals surface area contributed by atoms with Gasteiger partial charge in [0.1, 0.15) is 6.54 Å². The molecule has 0 aromatic heterocycles. The van der Waals surface area contributed by atoms with E-state index in [-0.39, 0.29) is 24.5 Å². The molecule has 0 spiro atoms. The van der Waals surface area contributed by atoms with E-state index in [1.165, 1.54) is 0 Å². The van der Waals surface area contributed by atoms with Gasteiger partial charge < -0.3 is 15.8 Å². The predicted octanol–water partition coefficient (Wildman–Crippen LogP) is 0.428. The molecule has 5 heteroatoms. The van der Waals surface area contributed by atoms with Crippen molar-refractivity contribution in [2.45, 2.75) is 46.3 Å². The summed E-state index contributed by atoms with van der Waals surface area (Å²) in [6.07, 6.45) is 0.633. The van der Waals surface area contributed by atoms with Crippen LogP contribution in [0.15, 0.2) is 0 Å². The highest BCUT2D eigenvalue weighted by Crippen LogP contribution is 1.98. The first-order valence-electron chi connectivity index (χ1n) is 5.61. The number of hydrogen-bond acceptors (Lipinski definition) is 4. The summed E-state index contributed by atoms with van der Waals surface area (Å²) in [7, 11) is 0. The first-order chi connectivity index (χ1) is 7.38. The standard InChI is InChI=1S/C11H22N2O3/c1-5-8(4)16-9(14)6-13-11(15)10(12)7(2)3/h7-8,10H,5-6,12H2,1-4H3,(H,13,15). The number of ether oxygens (including phenoxy) is 1. The lowest BCUT2D eigenvalue weighted by Gasteiger charge is -2.16. The lowest BCUT2D eigenvalue weighted by molar-refractivity contribution is -0.148. The molecule has 16 heavy (non-hydrogen) atoms. The summed E-state index contributed by atoms with van der Waals surface area (Å²) >= 11 is 0. The van der Waals surface area contributed by atoms with Crippen LogP contribution in [0.3, 0.4) is 0 Å². The van der Waals surface area contributed by atoms with E-state index >= 15 is 0 Å². The van der Waals surface area contributed by atoms with E-state index < -0.39 is 12.0 Å². The summed E-state index contributed by atoms with van der Waals surface area (Å²) in [5.41, 5.74) is 5.61. The molecule has 0 aliphatic rings. The number of nitrogens with one attached hydrogen (secondary N) is 1. The highest BCUT2D eigenvalue weighted by molar-refractivity contribution is 5.85. The van der Waals surface area contributed by atoms with Crippen molar-refractivity contribution in [3.63, 3.8) is 0 Å². The summed E-state index contributed by atoms with van der Waals surface area (Å²) in [4.78, 5) is 22.6. The Morgan fingerprint density at radius 3 is 2.31 bits per heavy atom. The van der Waals surface area contributed by atoms with Crippen LogP contribution in [0.1, 0.15) is 34.1 Å². The Labute approximate surface area is 96.7 Å². The molecule has 3 N–H and O–H groups in total. The Kier molecular flexibility index (Phi) is 6.72. The molecule has 5 nitrogen and oxygen atoms in total. The van der Waals surface area contributed by atoms with E-state index in [9.17, 15) is 9.59 Å². The van der Waals surface area contributed by atoms with Gasteiger partial charge in [0.15, 0.2) is 0 Å². The zero-order valence-electron chi connectivity index (χ0n) is 10.4. The van der Waals surface area contributed by atoms with Crippen molar-refractivity contribution in [3.05, 3.63) is 0 Å². The van der Waals surface area contributed by atoms with Gasteiger partial charge in [-0.2, -0.15) is 0 Å². The molecule has 0 aliphatic carbocycles. The third kappa shape index (κ3) is 5.70. The Morgan fingerprint density at radius 1 is 1.31 bits per heavy atom. The number of esters is 1. The molecule has 0 rings (SSSR count). The molecule has 0 radical (unpaired) electrons. The highest BCUT2D eigenvalue weighted by atomic mass is 16.5. The lowest BCUT2D eigenvalue weighted by atomic mass is 10.1. The Balaban J connectivity index is 3.88. The molecule has 2 atom stereocenters. The topological polar surface area (TPSA) is 81.4 Å². The summed E-state index contributed by atoms with van der Waals surface area (Å²) in [6, 6.07) is -0.587. The minimum absolute atomic E-state index is 0.0468. The number of hydrogen-bond donors (Lipinski definition) is 2. The predicted molar refractivity (Wildman–Crippen MR) is 61.7 cm³/mol. The van der Waals surface area contributed by atoms with Crippen LogP contribution < -0.4 is 11.1 Å². The second-order valence-electron chi connectivity index (χ2n) is 4.20. The van der Waals surface area contributed by atoms with E-state index in [2.05, 4.69) is 5.32 Å². The first-order valence-corrected chi connectivity index (χ1v) is 5.61. The summed E-state index contributed by atoms with van der Waals surface area (Å²) < 4.78 is 5.00. The highest BCUT2D eigenvalue weighted by Gasteiger charge is 2.18. The molecule has 0 aliphatic heterocycles. The van der Waals surface area contributed by atoms with Gasteiger partial charge in [-0.05, 0) is 19.3 Å². The van der Waals surface area contributed by atoms with E-state index in [0.717, 1.165) is 6.42 Å². The average Bonchev–Trinajstić information content (AvgIpc) is 2.24. The minimum atomic E-state index is -0.587. The van der Waals surface area contributed by atoms with E-state index in [1.807, 2.05) is 20.8 Å².